The fourth-order valence-corrected chi connectivity index (χ4v) is 4.18. The fourth-order valence-electron chi connectivity index (χ4n) is 2.15. The molecule has 0 radical (unpaired) electrons. The molecular weight excluding hydrogens is 267 g/mol. The molecule has 1 aromatic carbocycles. The third-order valence-electron chi connectivity index (χ3n) is 3.28. The molecule has 1 aromatic rings. The van der Waals surface area contributed by atoms with Gasteiger partial charge >= 0.3 is 0 Å². The highest BCUT2D eigenvalue weighted by Gasteiger charge is 2.38. The molecule has 2 rings (SSSR count). The number of benzene rings is 1. The molecule has 0 unspecified atom stereocenters. The highest BCUT2D eigenvalue weighted by molar-refractivity contribution is 7.89. The van der Waals surface area contributed by atoms with E-state index < -0.39 is 15.8 Å². The van der Waals surface area contributed by atoms with Crippen molar-refractivity contribution in [2.45, 2.75) is 44.0 Å². The Morgan fingerprint density at radius 3 is 2.58 bits per heavy atom. The number of nitrogens with two attached hydrogens (primary N) is 1. The maximum Gasteiger partial charge on any atom is 0.243 e. The molecule has 2 N–H and O–H groups in total. The molecule has 0 atom stereocenters. The van der Waals surface area contributed by atoms with Crippen molar-refractivity contribution in [2.75, 3.05) is 12.3 Å². The molecule has 0 amide bonds. The summed E-state index contributed by atoms with van der Waals surface area (Å²) in [6, 6.07) is 2.50. The molecule has 0 bridgehead atoms. The van der Waals surface area contributed by atoms with Gasteiger partial charge in [-0.2, -0.15) is 4.31 Å². The zero-order chi connectivity index (χ0) is 14.2. The third kappa shape index (κ3) is 2.74. The van der Waals surface area contributed by atoms with Gasteiger partial charge in [0.05, 0.1) is 10.6 Å². The average Bonchev–Trinajstić information content (AvgIpc) is 3.14. The molecule has 0 saturated heterocycles. The van der Waals surface area contributed by atoms with Crippen molar-refractivity contribution < 1.29 is 12.8 Å². The average molecular weight is 286 g/mol. The molecule has 1 saturated carbocycles. The van der Waals surface area contributed by atoms with E-state index in [0.29, 0.717) is 12.1 Å². The van der Waals surface area contributed by atoms with E-state index in [1.807, 2.05) is 6.92 Å². The van der Waals surface area contributed by atoms with Gasteiger partial charge in [-0.15, -0.1) is 0 Å². The van der Waals surface area contributed by atoms with Crippen molar-refractivity contribution >= 4 is 15.7 Å². The highest BCUT2D eigenvalue weighted by Crippen LogP contribution is 2.34. The van der Waals surface area contributed by atoms with Gasteiger partial charge in [-0.1, -0.05) is 6.92 Å². The van der Waals surface area contributed by atoms with Crippen LogP contribution in [0.5, 0.6) is 0 Å². The number of aryl methyl sites for hydroxylation is 1. The molecule has 0 aromatic heterocycles. The van der Waals surface area contributed by atoms with Crippen LogP contribution in [-0.2, 0) is 10.0 Å². The number of hydrogen-bond acceptors (Lipinski definition) is 3. The number of hydrogen-bond donors (Lipinski definition) is 1. The van der Waals surface area contributed by atoms with Crippen LogP contribution in [0.3, 0.4) is 0 Å². The summed E-state index contributed by atoms with van der Waals surface area (Å²) in [5.74, 6) is -0.579. The van der Waals surface area contributed by atoms with E-state index in [1.54, 1.807) is 6.92 Å². The van der Waals surface area contributed by atoms with Crippen LogP contribution in [0.1, 0.15) is 31.7 Å². The van der Waals surface area contributed by atoms with E-state index in [0.717, 1.165) is 19.3 Å². The number of rotatable bonds is 5. The summed E-state index contributed by atoms with van der Waals surface area (Å²) in [6.45, 7) is 4.02. The number of nitrogens with zero attached hydrogens (tertiary/aromatic N) is 1. The number of halogens is 1. The van der Waals surface area contributed by atoms with Crippen LogP contribution in [0.4, 0.5) is 10.1 Å². The maximum atomic E-state index is 13.3. The van der Waals surface area contributed by atoms with Gasteiger partial charge in [0.1, 0.15) is 5.82 Å². The standard InChI is InChI=1S/C13H19FN2O2S/c1-3-6-16(10-4-5-10)19(17,18)13-8-12(15)11(14)7-9(13)2/h7-8,10H,3-6,15H2,1-2H3. The quantitative estimate of drug-likeness (QED) is 0.845. The van der Waals surface area contributed by atoms with E-state index in [-0.39, 0.29) is 16.6 Å². The minimum Gasteiger partial charge on any atom is -0.396 e. The topological polar surface area (TPSA) is 63.4 Å². The molecule has 6 heteroatoms. The van der Waals surface area contributed by atoms with Gasteiger partial charge in [-0.25, -0.2) is 12.8 Å². The normalized spacial score (nSPS) is 16.0. The predicted octanol–water partition coefficient (Wildman–Crippen LogP) is 2.28. The van der Waals surface area contributed by atoms with Crippen LogP contribution in [0, 0.1) is 12.7 Å². The van der Waals surface area contributed by atoms with Crippen LogP contribution in [0.25, 0.3) is 0 Å². The molecule has 0 aliphatic heterocycles. The van der Waals surface area contributed by atoms with Crippen molar-refractivity contribution in [3.05, 3.63) is 23.5 Å². The summed E-state index contributed by atoms with van der Waals surface area (Å²) in [6.07, 6.45) is 2.55. The van der Waals surface area contributed by atoms with E-state index in [9.17, 15) is 12.8 Å². The molecule has 4 nitrogen and oxygen atoms in total. The van der Waals surface area contributed by atoms with E-state index in [4.69, 9.17) is 5.73 Å². The first-order chi connectivity index (χ1) is 8.87. The molecule has 19 heavy (non-hydrogen) atoms. The molecule has 1 fully saturated rings. The summed E-state index contributed by atoms with van der Waals surface area (Å²) in [7, 11) is -3.58. The van der Waals surface area contributed by atoms with Gasteiger partial charge < -0.3 is 5.73 Å². The Morgan fingerprint density at radius 2 is 2.05 bits per heavy atom. The molecule has 0 heterocycles. The molecule has 1 aliphatic carbocycles. The van der Waals surface area contributed by atoms with Crippen molar-refractivity contribution in [3.8, 4) is 0 Å². The summed E-state index contributed by atoms with van der Waals surface area (Å²) >= 11 is 0. The summed E-state index contributed by atoms with van der Waals surface area (Å²) in [5.41, 5.74) is 5.76. The Balaban J connectivity index is 2.46. The van der Waals surface area contributed by atoms with E-state index in [2.05, 4.69) is 0 Å². The number of sulfonamides is 1. The summed E-state index contributed by atoms with van der Waals surface area (Å²) < 4.78 is 40.1. The van der Waals surface area contributed by atoms with Gasteiger partial charge in [0.2, 0.25) is 10.0 Å². The van der Waals surface area contributed by atoms with Crippen LogP contribution in [-0.4, -0.2) is 25.3 Å². The first-order valence-electron chi connectivity index (χ1n) is 6.45. The number of anilines is 1. The number of nitrogen functional groups attached to an aromatic ring is 1. The van der Waals surface area contributed by atoms with E-state index in [1.165, 1.54) is 16.4 Å². The van der Waals surface area contributed by atoms with Gasteiger partial charge in [0, 0.05) is 12.6 Å². The Bertz CT molecular complexity index is 583. The second-order valence-electron chi connectivity index (χ2n) is 4.99. The van der Waals surface area contributed by atoms with Crippen LogP contribution >= 0.6 is 0 Å². The fraction of sp³-hybridized carbons (Fsp3) is 0.538. The third-order valence-corrected chi connectivity index (χ3v) is 5.37. The lowest BCUT2D eigenvalue weighted by molar-refractivity contribution is 0.403. The molecule has 106 valence electrons. The summed E-state index contributed by atoms with van der Waals surface area (Å²) in [5, 5.41) is 0. The lowest BCUT2D eigenvalue weighted by atomic mass is 10.2. The van der Waals surface area contributed by atoms with Gasteiger partial charge in [-0.05, 0) is 43.9 Å². The first kappa shape index (κ1) is 14.3. The van der Waals surface area contributed by atoms with Crippen molar-refractivity contribution in [1.29, 1.82) is 0 Å². The van der Waals surface area contributed by atoms with Crippen molar-refractivity contribution in [1.82, 2.24) is 4.31 Å². The Morgan fingerprint density at radius 1 is 1.42 bits per heavy atom. The minimum absolute atomic E-state index is 0.0932. The second kappa shape index (κ2) is 5.09. The first-order valence-corrected chi connectivity index (χ1v) is 7.89. The van der Waals surface area contributed by atoms with E-state index >= 15 is 0 Å². The Hall–Kier alpha value is -1.14. The van der Waals surface area contributed by atoms with Crippen LogP contribution in [0.2, 0.25) is 0 Å². The zero-order valence-corrected chi connectivity index (χ0v) is 12.0. The second-order valence-corrected chi connectivity index (χ2v) is 6.85. The van der Waals surface area contributed by atoms with Gasteiger partial charge in [0.25, 0.3) is 0 Å². The van der Waals surface area contributed by atoms with Crippen molar-refractivity contribution in [3.63, 3.8) is 0 Å². The minimum atomic E-state index is -3.58. The smallest absolute Gasteiger partial charge is 0.243 e. The van der Waals surface area contributed by atoms with Crippen LogP contribution in [0.15, 0.2) is 17.0 Å². The highest BCUT2D eigenvalue weighted by atomic mass is 32.2. The SMILES string of the molecule is CCCN(C1CC1)S(=O)(=O)c1cc(N)c(F)cc1C. The summed E-state index contributed by atoms with van der Waals surface area (Å²) in [4.78, 5) is 0.117. The Labute approximate surface area is 113 Å². The van der Waals surface area contributed by atoms with Gasteiger partial charge in [-0.3, -0.25) is 0 Å². The molecular formula is C13H19FN2O2S. The Kier molecular flexibility index (Phi) is 3.82. The maximum absolute atomic E-state index is 13.3. The lowest BCUT2D eigenvalue weighted by Gasteiger charge is -2.22. The zero-order valence-electron chi connectivity index (χ0n) is 11.2. The van der Waals surface area contributed by atoms with Gasteiger partial charge in [0.15, 0.2) is 0 Å². The lowest BCUT2D eigenvalue weighted by Crippen LogP contribution is -2.34. The van der Waals surface area contributed by atoms with Crippen molar-refractivity contribution in [2.24, 2.45) is 0 Å². The predicted molar refractivity (Wildman–Crippen MR) is 72.8 cm³/mol. The molecule has 0 spiro atoms. The van der Waals surface area contributed by atoms with Crippen LogP contribution < -0.4 is 5.73 Å². The molecule has 1 aliphatic rings. The largest absolute Gasteiger partial charge is 0.396 e. The monoisotopic (exact) mass is 286 g/mol.